The van der Waals surface area contributed by atoms with Crippen molar-refractivity contribution in [3.63, 3.8) is 0 Å². The van der Waals surface area contributed by atoms with E-state index in [9.17, 15) is 13.9 Å². The third-order valence-electron chi connectivity index (χ3n) is 0.453. The van der Waals surface area contributed by atoms with Crippen LogP contribution in [0.3, 0.4) is 0 Å². The fourth-order valence-electron chi connectivity index (χ4n) is 0.314. The van der Waals surface area contributed by atoms with Crippen LogP contribution in [-0.4, -0.2) is 20.6 Å². The van der Waals surface area contributed by atoms with E-state index in [1.807, 2.05) is 0 Å². The van der Waals surface area contributed by atoms with Crippen LogP contribution in [0, 0.1) is 0 Å². The summed E-state index contributed by atoms with van der Waals surface area (Å²) in [5.41, 5.74) is 0. The Labute approximate surface area is 147 Å². The summed E-state index contributed by atoms with van der Waals surface area (Å²) >= 11 is 0. The molecule has 0 aromatic heterocycles. The van der Waals surface area contributed by atoms with Crippen molar-refractivity contribution < 1.29 is 121 Å². The molecular weight excluding hydrogens is 276 g/mol. The second-order valence-corrected chi connectivity index (χ2v) is 4.38. The molecule has 0 fully saturated rings. The molecule has 0 heterocycles. The standard InChI is InChI=1S/C2H6O8P2.K.Na.2H/c1-2(3)9-12(7,8)10-11(4,5)6;;;;/h1H3,(H,7,8)(H2,4,5,6);;;;/q;2*+1;2*-1. The Morgan fingerprint density at radius 3 is 1.86 bits per heavy atom. The van der Waals surface area contributed by atoms with E-state index in [4.69, 9.17) is 14.7 Å². The molecule has 0 saturated heterocycles. The molecule has 14 heavy (non-hydrogen) atoms. The molecule has 12 heteroatoms. The van der Waals surface area contributed by atoms with Crippen molar-refractivity contribution >= 4 is 21.6 Å². The van der Waals surface area contributed by atoms with Gasteiger partial charge in [0.1, 0.15) is 0 Å². The zero-order valence-electron chi connectivity index (χ0n) is 9.78. The molecule has 0 rings (SSSR count). The number of rotatable bonds is 3. The van der Waals surface area contributed by atoms with Crippen molar-refractivity contribution in [1.82, 2.24) is 0 Å². The minimum Gasteiger partial charge on any atom is -1.00 e. The Morgan fingerprint density at radius 1 is 1.29 bits per heavy atom. The fourth-order valence-corrected chi connectivity index (χ4v) is 1.85. The van der Waals surface area contributed by atoms with E-state index in [1.165, 1.54) is 0 Å². The Bertz CT molecular complexity index is 281. The summed E-state index contributed by atoms with van der Waals surface area (Å²) in [6.07, 6.45) is 0. The second kappa shape index (κ2) is 8.49. The molecule has 0 aliphatic carbocycles. The van der Waals surface area contributed by atoms with Crippen LogP contribution >= 0.6 is 15.6 Å². The quantitative estimate of drug-likeness (QED) is 0.345. The maximum atomic E-state index is 10.4. The smallest absolute Gasteiger partial charge is 1.00 e. The first-order chi connectivity index (χ1) is 5.12. The van der Waals surface area contributed by atoms with Crippen LogP contribution in [0.25, 0.3) is 0 Å². The minimum atomic E-state index is -5.13. The first-order valence-corrected chi connectivity index (χ1v) is 5.45. The molecular formula is C2H8KNaO8P2. The number of hydrogen-bond donors (Lipinski definition) is 3. The van der Waals surface area contributed by atoms with Crippen LogP contribution in [-0.2, 0) is 22.8 Å². The topological polar surface area (TPSA) is 130 Å². The summed E-state index contributed by atoms with van der Waals surface area (Å²) in [6, 6.07) is 0. The van der Waals surface area contributed by atoms with Gasteiger partial charge in [0, 0.05) is 6.92 Å². The Balaban J connectivity index is -0.000000101. The minimum absolute atomic E-state index is 0. The van der Waals surface area contributed by atoms with Crippen LogP contribution in [0.4, 0.5) is 0 Å². The van der Waals surface area contributed by atoms with E-state index in [1.54, 1.807) is 0 Å². The van der Waals surface area contributed by atoms with E-state index in [2.05, 4.69) is 8.83 Å². The van der Waals surface area contributed by atoms with E-state index in [-0.39, 0.29) is 83.8 Å². The van der Waals surface area contributed by atoms with Gasteiger partial charge in [0.15, 0.2) is 0 Å². The average Bonchev–Trinajstić information content (AvgIpc) is 1.48. The van der Waals surface area contributed by atoms with Crippen LogP contribution in [0.1, 0.15) is 9.78 Å². The normalized spacial score (nSPS) is 14.3. The van der Waals surface area contributed by atoms with Gasteiger partial charge >= 0.3 is 103 Å². The molecule has 76 valence electrons. The van der Waals surface area contributed by atoms with Crippen molar-refractivity contribution in [2.75, 3.05) is 0 Å². The molecule has 0 bridgehead atoms. The van der Waals surface area contributed by atoms with Gasteiger partial charge in [-0.25, -0.2) is 9.13 Å². The molecule has 0 saturated carbocycles. The summed E-state index contributed by atoms with van der Waals surface area (Å²) in [5, 5.41) is 0. The molecule has 0 radical (unpaired) electrons. The van der Waals surface area contributed by atoms with Gasteiger partial charge in [-0.3, -0.25) is 9.69 Å². The fraction of sp³-hybridized carbons (Fsp3) is 0.500. The van der Waals surface area contributed by atoms with Crippen LogP contribution in [0.15, 0.2) is 0 Å². The molecule has 8 nitrogen and oxygen atoms in total. The number of carbonyl (C=O) groups excluding carboxylic acids is 1. The van der Waals surface area contributed by atoms with E-state index >= 15 is 0 Å². The van der Waals surface area contributed by atoms with Crippen molar-refractivity contribution in [1.29, 1.82) is 0 Å². The second-order valence-electron chi connectivity index (χ2n) is 1.62. The zero-order valence-corrected chi connectivity index (χ0v) is 14.7. The summed E-state index contributed by atoms with van der Waals surface area (Å²) in [5.74, 6) is -1.19. The molecule has 0 aliphatic rings. The number of phosphoric acid groups is 2. The summed E-state index contributed by atoms with van der Waals surface area (Å²) in [6.45, 7) is 0.784. The van der Waals surface area contributed by atoms with E-state index < -0.39 is 21.6 Å². The van der Waals surface area contributed by atoms with E-state index in [0.29, 0.717) is 0 Å². The summed E-state index contributed by atoms with van der Waals surface area (Å²) < 4.78 is 27.3. The SMILES string of the molecule is CC(=O)OP(=O)(O)OP(=O)(O)O.[H-].[H-].[K+].[Na+]. The Kier molecular flexibility index (Phi) is 13.1. The van der Waals surface area contributed by atoms with Crippen molar-refractivity contribution in [3.8, 4) is 0 Å². The predicted molar refractivity (Wildman–Crippen MR) is 36.9 cm³/mol. The molecule has 0 aliphatic heterocycles. The third-order valence-corrected chi connectivity index (χ3v) is 2.62. The summed E-state index contributed by atoms with van der Waals surface area (Å²) in [4.78, 5) is 34.5. The van der Waals surface area contributed by atoms with Gasteiger partial charge in [-0.1, -0.05) is 0 Å². The van der Waals surface area contributed by atoms with Gasteiger partial charge in [-0.2, -0.15) is 4.31 Å². The average molecular weight is 284 g/mol. The molecule has 0 aromatic carbocycles. The molecule has 0 spiro atoms. The van der Waals surface area contributed by atoms with Gasteiger partial charge in [-0.05, 0) is 0 Å². The van der Waals surface area contributed by atoms with Crippen LogP contribution in [0.5, 0.6) is 0 Å². The van der Waals surface area contributed by atoms with Crippen molar-refractivity contribution in [3.05, 3.63) is 0 Å². The van der Waals surface area contributed by atoms with Crippen molar-refractivity contribution in [2.24, 2.45) is 0 Å². The third kappa shape index (κ3) is 14.4. The Morgan fingerprint density at radius 2 is 1.64 bits per heavy atom. The number of hydrogen-bond acceptors (Lipinski definition) is 5. The van der Waals surface area contributed by atoms with Gasteiger partial charge in [0.05, 0.1) is 0 Å². The van der Waals surface area contributed by atoms with Crippen molar-refractivity contribution in [2.45, 2.75) is 6.92 Å². The van der Waals surface area contributed by atoms with Gasteiger partial charge in [0.25, 0.3) is 0 Å². The maximum absolute atomic E-state index is 10.4. The summed E-state index contributed by atoms with van der Waals surface area (Å²) in [7, 11) is -10.1. The van der Waals surface area contributed by atoms with Gasteiger partial charge < -0.3 is 17.2 Å². The predicted octanol–water partition coefficient (Wildman–Crippen LogP) is -6.01. The van der Waals surface area contributed by atoms with Gasteiger partial charge in [0.2, 0.25) is 0 Å². The van der Waals surface area contributed by atoms with Crippen LogP contribution in [0.2, 0.25) is 0 Å². The molecule has 0 aromatic rings. The maximum Gasteiger partial charge on any atom is 1.00 e. The number of phosphoric ester groups is 1. The molecule has 0 amide bonds. The molecule has 1 unspecified atom stereocenters. The number of carbonyl (C=O) groups is 1. The first kappa shape index (κ1) is 21.7. The largest absolute Gasteiger partial charge is 1.00 e. The molecule has 1 atom stereocenters. The monoisotopic (exact) mass is 284 g/mol. The van der Waals surface area contributed by atoms with Crippen LogP contribution < -0.4 is 80.9 Å². The Hall–Kier alpha value is 2.41. The van der Waals surface area contributed by atoms with Gasteiger partial charge in [-0.15, -0.1) is 0 Å². The first-order valence-electron chi connectivity index (χ1n) is 2.42. The van der Waals surface area contributed by atoms with E-state index in [0.717, 1.165) is 6.92 Å². The molecule has 3 N–H and O–H groups in total. The zero-order chi connectivity index (χ0) is 9.99.